The number of epoxide rings is 2. The molecular weight excluding hydrogens is 168 g/mol. The summed E-state index contributed by atoms with van der Waals surface area (Å²) in [7, 11) is 1.68. The highest BCUT2D eigenvalue weighted by molar-refractivity contribution is 4.67. The van der Waals surface area contributed by atoms with Gasteiger partial charge in [-0.25, -0.2) is 0 Å². The van der Waals surface area contributed by atoms with E-state index in [-0.39, 0.29) is 0 Å². The summed E-state index contributed by atoms with van der Waals surface area (Å²) in [4.78, 5) is 0. The standard InChI is InChI=1S/C6H12O.C4H8O2/c1-2-3-4-6-5-7-6;1-5-2-4-3-6-4/h6H,2-5H2,1H3;4H,2-3H2,1H3. The molecule has 2 unspecified atom stereocenters. The lowest BCUT2D eigenvalue weighted by atomic mass is 10.2. The van der Waals surface area contributed by atoms with E-state index in [9.17, 15) is 0 Å². The van der Waals surface area contributed by atoms with E-state index in [1.807, 2.05) is 0 Å². The molecule has 0 bridgehead atoms. The summed E-state index contributed by atoms with van der Waals surface area (Å²) in [5.74, 6) is 0. The summed E-state index contributed by atoms with van der Waals surface area (Å²) in [5, 5.41) is 0. The van der Waals surface area contributed by atoms with Gasteiger partial charge in [-0.05, 0) is 6.42 Å². The second kappa shape index (κ2) is 6.35. The van der Waals surface area contributed by atoms with Crippen LogP contribution in [0.3, 0.4) is 0 Å². The molecule has 2 heterocycles. The lowest BCUT2D eigenvalue weighted by Crippen LogP contribution is -1.94. The maximum absolute atomic E-state index is 5.01. The van der Waals surface area contributed by atoms with Crippen molar-refractivity contribution in [1.29, 1.82) is 0 Å². The van der Waals surface area contributed by atoms with Crippen molar-refractivity contribution in [3.63, 3.8) is 0 Å². The predicted molar refractivity (Wildman–Crippen MR) is 50.9 cm³/mol. The smallest absolute Gasteiger partial charge is 0.104 e. The Morgan fingerprint density at radius 1 is 1.23 bits per heavy atom. The van der Waals surface area contributed by atoms with Crippen molar-refractivity contribution in [2.24, 2.45) is 0 Å². The zero-order chi connectivity index (χ0) is 9.52. The fourth-order valence-corrected chi connectivity index (χ4v) is 1.02. The number of ether oxygens (including phenoxy) is 3. The number of hydrogen-bond acceptors (Lipinski definition) is 3. The van der Waals surface area contributed by atoms with Crippen molar-refractivity contribution in [1.82, 2.24) is 0 Å². The lowest BCUT2D eigenvalue weighted by molar-refractivity contribution is 0.171. The molecule has 2 saturated heterocycles. The van der Waals surface area contributed by atoms with Crippen molar-refractivity contribution >= 4 is 0 Å². The summed E-state index contributed by atoms with van der Waals surface area (Å²) >= 11 is 0. The normalized spacial score (nSPS) is 29.1. The van der Waals surface area contributed by atoms with Gasteiger partial charge >= 0.3 is 0 Å². The van der Waals surface area contributed by atoms with Crippen LogP contribution in [0.5, 0.6) is 0 Å². The highest BCUT2D eigenvalue weighted by Crippen LogP contribution is 2.15. The SMILES string of the molecule is CCCCC1CO1.COCC1CO1. The van der Waals surface area contributed by atoms with Gasteiger partial charge < -0.3 is 14.2 Å². The minimum absolute atomic E-state index is 0.426. The molecule has 0 radical (unpaired) electrons. The van der Waals surface area contributed by atoms with Crippen molar-refractivity contribution in [3.05, 3.63) is 0 Å². The Balaban J connectivity index is 0.000000132. The second-order valence-corrected chi connectivity index (χ2v) is 3.51. The maximum Gasteiger partial charge on any atom is 0.104 e. The molecule has 2 fully saturated rings. The Morgan fingerprint density at radius 2 is 1.85 bits per heavy atom. The summed E-state index contributed by atoms with van der Waals surface area (Å²) in [6.07, 6.45) is 5.01. The van der Waals surface area contributed by atoms with Crippen LogP contribution in [0, 0.1) is 0 Å². The molecule has 3 nitrogen and oxygen atoms in total. The third kappa shape index (κ3) is 6.99. The van der Waals surface area contributed by atoms with Crippen molar-refractivity contribution in [3.8, 4) is 0 Å². The van der Waals surface area contributed by atoms with Crippen LogP contribution in [-0.2, 0) is 14.2 Å². The number of hydrogen-bond donors (Lipinski definition) is 0. The van der Waals surface area contributed by atoms with Crippen molar-refractivity contribution < 1.29 is 14.2 Å². The van der Waals surface area contributed by atoms with Crippen LogP contribution in [0.25, 0.3) is 0 Å². The van der Waals surface area contributed by atoms with Gasteiger partial charge in [0.2, 0.25) is 0 Å². The van der Waals surface area contributed by atoms with Gasteiger partial charge in [-0.2, -0.15) is 0 Å². The Morgan fingerprint density at radius 3 is 2.15 bits per heavy atom. The topological polar surface area (TPSA) is 34.3 Å². The Labute approximate surface area is 80.4 Å². The molecule has 0 aromatic rings. The summed E-state index contributed by atoms with van der Waals surface area (Å²) in [5.41, 5.74) is 0. The molecular formula is C10H20O3. The van der Waals surface area contributed by atoms with Gasteiger partial charge in [0.05, 0.1) is 25.9 Å². The third-order valence-electron chi connectivity index (χ3n) is 2.04. The fourth-order valence-electron chi connectivity index (χ4n) is 1.02. The van der Waals surface area contributed by atoms with Crippen LogP contribution < -0.4 is 0 Å². The van der Waals surface area contributed by atoms with Gasteiger partial charge in [-0.1, -0.05) is 19.8 Å². The molecule has 0 aromatic carbocycles. The number of rotatable bonds is 5. The minimum atomic E-state index is 0.426. The van der Waals surface area contributed by atoms with E-state index in [0.717, 1.165) is 19.8 Å². The first-order valence-electron chi connectivity index (χ1n) is 5.09. The van der Waals surface area contributed by atoms with Gasteiger partial charge in [-0.3, -0.25) is 0 Å². The number of unbranched alkanes of at least 4 members (excludes halogenated alkanes) is 1. The molecule has 2 aliphatic rings. The highest BCUT2D eigenvalue weighted by atomic mass is 16.6. The van der Waals surface area contributed by atoms with Gasteiger partial charge in [0.1, 0.15) is 6.10 Å². The zero-order valence-electron chi connectivity index (χ0n) is 8.62. The van der Waals surface area contributed by atoms with Gasteiger partial charge in [0.15, 0.2) is 0 Å². The van der Waals surface area contributed by atoms with Crippen LogP contribution in [0.1, 0.15) is 26.2 Å². The van der Waals surface area contributed by atoms with E-state index >= 15 is 0 Å². The lowest BCUT2D eigenvalue weighted by Gasteiger charge is -1.86. The van der Waals surface area contributed by atoms with Crippen molar-refractivity contribution in [2.45, 2.75) is 38.4 Å². The monoisotopic (exact) mass is 188 g/mol. The summed E-state index contributed by atoms with van der Waals surface area (Å²) in [6.45, 7) is 4.90. The molecule has 0 aliphatic carbocycles. The molecule has 0 amide bonds. The van der Waals surface area contributed by atoms with E-state index in [1.165, 1.54) is 19.3 Å². The van der Waals surface area contributed by atoms with Crippen LogP contribution in [0.2, 0.25) is 0 Å². The van der Waals surface area contributed by atoms with Gasteiger partial charge in [0.25, 0.3) is 0 Å². The zero-order valence-corrected chi connectivity index (χ0v) is 8.62. The van der Waals surface area contributed by atoms with E-state index in [0.29, 0.717) is 12.2 Å². The van der Waals surface area contributed by atoms with Crippen LogP contribution in [0.4, 0.5) is 0 Å². The third-order valence-corrected chi connectivity index (χ3v) is 2.04. The average molecular weight is 188 g/mol. The highest BCUT2D eigenvalue weighted by Gasteiger charge is 2.21. The molecule has 13 heavy (non-hydrogen) atoms. The predicted octanol–water partition coefficient (Wildman–Crippen LogP) is 1.61. The Kier molecular flexibility index (Phi) is 5.35. The summed E-state index contributed by atoms with van der Waals surface area (Å²) in [6, 6.07) is 0. The molecule has 0 N–H and O–H groups in total. The van der Waals surface area contributed by atoms with E-state index in [2.05, 4.69) is 6.92 Å². The largest absolute Gasteiger partial charge is 0.382 e. The van der Waals surface area contributed by atoms with E-state index in [1.54, 1.807) is 7.11 Å². The van der Waals surface area contributed by atoms with E-state index < -0.39 is 0 Å². The van der Waals surface area contributed by atoms with Crippen LogP contribution in [-0.4, -0.2) is 39.1 Å². The molecule has 0 spiro atoms. The Hall–Kier alpha value is -0.120. The fraction of sp³-hybridized carbons (Fsp3) is 1.00. The quantitative estimate of drug-likeness (QED) is 0.615. The van der Waals surface area contributed by atoms with Gasteiger partial charge in [0, 0.05) is 7.11 Å². The van der Waals surface area contributed by atoms with Crippen molar-refractivity contribution in [2.75, 3.05) is 26.9 Å². The Bertz CT molecular complexity index is 119. The van der Waals surface area contributed by atoms with E-state index in [4.69, 9.17) is 14.2 Å². The molecule has 2 atom stereocenters. The first-order chi connectivity index (χ1) is 6.36. The second-order valence-electron chi connectivity index (χ2n) is 3.51. The molecule has 2 aliphatic heterocycles. The van der Waals surface area contributed by atoms with Crippen LogP contribution >= 0.6 is 0 Å². The summed E-state index contributed by atoms with van der Waals surface area (Å²) < 4.78 is 14.6. The van der Waals surface area contributed by atoms with Crippen LogP contribution in [0.15, 0.2) is 0 Å². The van der Waals surface area contributed by atoms with Gasteiger partial charge in [-0.15, -0.1) is 0 Å². The average Bonchev–Trinajstić information content (AvgIpc) is 2.97. The molecule has 0 aromatic heterocycles. The first-order valence-corrected chi connectivity index (χ1v) is 5.09. The number of methoxy groups -OCH3 is 1. The minimum Gasteiger partial charge on any atom is -0.382 e. The first kappa shape index (κ1) is 11.0. The molecule has 0 saturated carbocycles. The molecule has 2 rings (SSSR count). The molecule has 78 valence electrons. The molecule has 3 heteroatoms. The maximum atomic E-state index is 5.01.